The van der Waals surface area contributed by atoms with Gasteiger partial charge in [0.1, 0.15) is 11.5 Å². The van der Waals surface area contributed by atoms with E-state index in [0.717, 1.165) is 5.56 Å². The van der Waals surface area contributed by atoms with Crippen LogP contribution < -0.4 is 0 Å². The van der Waals surface area contributed by atoms with Crippen molar-refractivity contribution in [1.29, 1.82) is 0 Å². The summed E-state index contributed by atoms with van der Waals surface area (Å²) in [6.45, 7) is 2.04. The van der Waals surface area contributed by atoms with Crippen molar-refractivity contribution >= 4 is 21.8 Å². The van der Waals surface area contributed by atoms with Crippen LogP contribution in [0.2, 0.25) is 0 Å². The van der Waals surface area contributed by atoms with E-state index < -0.39 is 16.1 Å². The van der Waals surface area contributed by atoms with Crippen molar-refractivity contribution in [3.8, 4) is 0 Å². The molecule has 8 heteroatoms. The van der Waals surface area contributed by atoms with E-state index in [1.54, 1.807) is 42.5 Å². The summed E-state index contributed by atoms with van der Waals surface area (Å²) in [4.78, 5) is 12.2. The second kappa shape index (κ2) is 9.12. The highest BCUT2D eigenvalue weighted by Crippen LogP contribution is 2.14. The van der Waals surface area contributed by atoms with Gasteiger partial charge < -0.3 is 9.47 Å². The molecular weight excluding hydrogens is 358 g/mol. The number of oxime groups is 1. The quantitative estimate of drug-likeness (QED) is 0.302. The van der Waals surface area contributed by atoms with Crippen molar-refractivity contribution in [2.45, 2.75) is 11.8 Å². The van der Waals surface area contributed by atoms with Gasteiger partial charge in [0.25, 0.3) is 0 Å². The first-order valence-electron chi connectivity index (χ1n) is 7.74. The molecule has 0 atom stereocenters. The predicted molar refractivity (Wildman–Crippen MR) is 99.5 cm³/mol. The van der Waals surface area contributed by atoms with Gasteiger partial charge in [0.15, 0.2) is 5.71 Å². The monoisotopic (exact) mass is 381 g/mol. The average molecular weight is 381 g/mol. The molecule has 0 bridgehead atoms. The fourth-order valence-corrected chi connectivity index (χ4v) is 2.65. The lowest BCUT2D eigenvalue weighted by Crippen LogP contribution is -2.21. The Balaban J connectivity index is 0.00000364. The minimum absolute atomic E-state index is 0. The average Bonchev–Trinajstić information content (AvgIpc) is 2.63. The SMILES string of the molecule is COCCOC(=O)/C(=N\OS(=O)(=O)c1ccc(C)cc1)c1ccccc1.[HH].[HH]. The summed E-state index contributed by atoms with van der Waals surface area (Å²) in [5, 5.41) is 3.56. The zero-order chi connectivity index (χ0) is 19.0. The van der Waals surface area contributed by atoms with E-state index in [2.05, 4.69) is 5.16 Å². The summed E-state index contributed by atoms with van der Waals surface area (Å²) >= 11 is 0. The molecule has 0 amide bonds. The zero-order valence-corrected chi connectivity index (χ0v) is 15.2. The summed E-state index contributed by atoms with van der Waals surface area (Å²) < 4.78 is 39.1. The standard InChI is InChI=1S/C18H19NO6S.2H2/c1-14-8-10-16(11-9-14)26(21,22)25-19-17(15-6-4-3-5-7-15)18(20)24-13-12-23-2;;/h3-11H,12-13H2,1-2H3;2*1H/b19-17-;;. The molecular formula is C18H23NO6S. The van der Waals surface area contributed by atoms with Crippen LogP contribution >= 0.6 is 0 Å². The third-order valence-electron chi connectivity index (χ3n) is 3.30. The molecule has 0 saturated carbocycles. The largest absolute Gasteiger partial charge is 0.458 e. The normalized spacial score (nSPS) is 11.8. The van der Waals surface area contributed by atoms with Gasteiger partial charge in [-0.2, -0.15) is 8.42 Å². The van der Waals surface area contributed by atoms with Gasteiger partial charge in [0, 0.05) is 15.5 Å². The number of aryl methyl sites for hydroxylation is 1. The first-order valence-corrected chi connectivity index (χ1v) is 9.14. The molecule has 0 saturated heterocycles. The van der Waals surface area contributed by atoms with Gasteiger partial charge in [-0.05, 0) is 19.1 Å². The van der Waals surface area contributed by atoms with Crippen LogP contribution in [0.4, 0.5) is 0 Å². The number of carbonyl (C=O) groups excluding carboxylic acids is 1. The molecule has 0 N–H and O–H groups in total. The Morgan fingerprint density at radius 1 is 1.04 bits per heavy atom. The molecule has 0 radical (unpaired) electrons. The maximum absolute atomic E-state index is 12.3. The number of benzene rings is 2. The first-order chi connectivity index (χ1) is 12.4. The maximum atomic E-state index is 12.3. The molecule has 0 aromatic heterocycles. The number of hydrogen-bond acceptors (Lipinski definition) is 7. The molecule has 142 valence electrons. The molecule has 0 fully saturated rings. The molecule has 2 aromatic rings. The second-order valence-electron chi connectivity index (χ2n) is 5.28. The van der Waals surface area contributed by atoms with Crippen molar-refractivity contribution in [3.63, 3.8) is 0 Å². The van der Waals surface area contributed by atoms with E-state index in [9.17, 15) is 13.2 Å². The molecule has 0 unspecified atom stereocenters. The van der Waals surface area contributed by atoms with Crippen LogP contribution in [-0.2, 0) is 28.7 Å². The van der Waals surface area contributed by atoms with Gasteiger partial charge in [0.2, 0.25) is 0 Å². The van der Waals surface area contributed by atoms with Crippen molar-refractivity contribution in [3.05, 3.63) is 65.7 Å². The fraction of sp³-hybridized carbons (Fsp3) is 0.222. The Morgan fingerprint density at radius 3 is 2.31 bits per heavy atom. The van der Waals surface area contributed by atoms with E-state index in [4.69, 9.17) is 13.8 Å². The summed E-state index contributed by atoms with van der Waals surface area (Å²) in [6.07, 6.45) is 0. The van der Waals surface area contributed by atoms with Gasteiger partial charge in [0.05, 0.1) is 6.61 Å². The van der Waals surface area contributed by atoms with Crippen molar-refractivity contribution in [2.24, 2.45) is 5.16 Å². The van der Waals surface area contributed by atoms with Crippen LogP contribution in [0.25, 0.3) is 0 Å². The lowest BCUT2D eigenvalue weighted by molar-refractivity contribution is -0.136. The molecule has 0 heterocycles. The van der Waals surface area contributed by atoms with Gasteiger partial charge in [-0.15, -0.1) is 0 Å². The van der Waals surface area contributed by atoms with Crippen LogP contribution in [0.15, 0.2) is 64.6 Å². The number of carbonyl (C=O) groups is 1. The van der Waals surface area contributed by atoms with Crippen molar-refractivity contribution < 1.29 is 29.8 Å². The third-order valence-corrected chi connectivity index (χ3v) is 4.42. The van der Waals surface area contributed by atoms with Gasteiger partial charge in [-0.25, -0.2) is 4.79 Å². The highest BCUT2D eigenvalue weighted by Gasteiger charge is 2.21. The van der Waals surface area contributed by atoms with Crippen LogP contribution in [0.1, 0.15) is 14.0 Å². The lowest BCUT2D eigenvalue weighted by atomic mass is 10.1. The molecule has 0 spiro atoms. The second-order valence-corrected chi connectivity index (χ2v) is 6.81. The maximum Gasteiger partial charge on any atom is 0.361 e. The number of hydrogen-bond donors (Lipinski definition) is 0. The van der Waals surface area contributed by atoms with Gasteiger partial charge in [-0.3, -0.25) is 4.28 Å². The minimum Gasteiger partial charge on any atom is -0.458 e. The predicted octanol–water partition coefficient (Wildman–Crippen LogP) is 2.79. The van der Waals surface area contributed by atoms with Crippen LogP contribution in [0, 0.1) is 6.92 Å². The number of rotatable bonds is 8. The van der Waals surface area contributed by atoms with Crippen molar-refractivity contribution in [1.82, 2.24) is 0 Å². The topological polar surface area (TPSA) is 91.3 Å². The summed E-state index contributed by atoms with van der Waals surface area (Å²) in [5.41, 5.74) is 1.02. The van der Waals surface area contributed by atoms with Crippen LogP contribution in [0.5, 0.6) is 0 Å². The van der Waals surface area contributed by atoms with Crippen LogP contribution in [-0.4, -0.2) is 40.4 Å². The minimum atomic E-state index is -4.16. The molecule has 7 nitrogen and oxygen atoms in total. The van der Waals surface area contributed by atoms with Gasteiger partial charge >= 0.3 is 16.1 Å². The molecule has 2 aromatic carbocycles. The Bertz CT molecular complexity index is 871. The molecule has 0 aliphatic carbocycles. The Labute approximate surface area is 155 Å². The highest BCUT2D eigenvalue weighted by atomic mass is 32.2. The molecule has 2 rings (SSSR count). The number of ether oxygens (including phenoxy) is 2. The molecule has 0 aliphatic heterocycles. The summed E-state index contributed by atoms with van der Waals surface area (Å²) in [5.74, 6) is -0.813. The molecule has 26 heavy (non-hydrogen) atoms. The van der Waals surface area contributed by atoms with Crippen molar-refractivity contribution in [2.75, 3.05) is 20.3 Å². The summed E-state index contributed by atoms with van der Waals surface area (Å²) in [7, 11) is -2.69. The van der Waals surface area contributed by atoms with E-state index in [0.29, 0.717) is 5.56 Å². The molecule has 0 aliphatic rings. The lowest BCUT2D eigenvalue weighted by Gasteiger charge is -2.08. The number of nitrogens with zero attached hydrogens (tertiary/aromatic N) is 1. The highest BCUT2D eigenvalue weighted by molar-refractivity contribution is 7.86. The van der Waals surface area contributed by atoms with Crippen LogP contribution in [0.3, 0.4) is 0 Å². The number of methoxy groups -OCH3 is 1. The fourth-order valence-electron chi connectivity index (χ4n) is 1.92. The first kappa shape index (κ1) is 19.6. The van der Waals surface area contributed by atoms with E-state index in [1.807, 2.05) is 6.92 Å². The Kier molecular flexibility index (Phi) is 6.88. The Morgan fingerprint density at radius 2 is 1.69 bits per heavy atom. The summed E-state index contributed by atoms with van der Waals surface area (Å²) in [6, 6.07) is 14.4. The third kappa shape index (κ3) is 5.40. The van der Waals surface area contributed by atoms with E-state index in [-0.39, 0.29) is 26.7 Å². The smallest absolute Gasteiger partial charge is 0.361 e. The van der Waals surface area contributed by atoms with E-state index >= 15 is 0 Å². The number of esters is 1. The Hall–Kier alpha value is -2.71. The van der Waals surface area contributed by atoms with E-state index in [1.165, 1.54) is 19.2 Å². The zero-order valence-electron chi connectivity index (χ0n) is 14.4. The van der Waals surface area contributed by atoms with Gasteiger partial charge in [-0.1, -0.05) is 53.2 Å².